The maximum atomic E-state index is 14.4. The zero-order chi connectivity index (χ0) is 16.7. The molecule has 0 radical (unpaired) electrons. The van der Waals surface area contributed by atoms with Gasteiger partial charge in [0.25, 0.3) is 0 Å². The number of fused-ring (bicyclic) bond motifs is 1. The molecule has 1 aromatic heterocycles. The van der Waals surface area contributed by atoms with E-state index in [4.69, 9.17) is 11.6 Å². The van der Waals surface area contributed by atoms with Crippen molar-refractivity contribution in [1.82, 2.24) is 20.2 Å². The fourth-order valence-corrected chi connectivity index (χ4v) is 3.35. The summed E-state index contributed by atoms with van der Waals surface area (Å²) in [6.07, 6.45) is 1.86. The molecular formula is C16H10BrClFN5. The standard InChI is InChI=1S/C16H10BrClFN5/c17-10-4-1-3-9(7-10)13-8-14(24-16(20-13)21-22-23-24)15-11(18)5-2-6-12(15)19/h1-8,14H,(H,20,21,23). The normalized spacial score (nSPS) is 16.3. The largest absolute Gasteiger partial charge is 0.323 e. The van der Waals surface area contributed by atoms with E-state index >= 15 is 0 Å². The van der Waals surface area contributed by atoms with Crippen molar-refractivity contribution in [3.63, 3.8) is 0 Å². The molecule has 0 amide bonds. The molecule has 2 heterocycles. The van der Waals surface area contributed by atoms with Gasteiger partial charge in [-0.1, -0.05) is 50.8 Å². The van der Waals surface area contributed by atoms with Gasteiger partial charge in [-0.05, 0) is 46.3 Å². The number of allylic oxidation sites excluding steroid dienone is 1. The average Bonchev–Trinajstić information content (AvgIpc) is 3.03. The summed E-state index contributed by atoms with van der Waals surface area (Å²) < 4.78 is 16.8. The highest BCUT2D eigenvalue weighted by molar-refractivity contribution is 9.10. The lowest BCUT2D eigenvalue weighted by molar-refractivity contribution is 0.540. The van der Waals surface area contributed by atoms with Crippen LogP contribution >= 0.6 is 27.5 Å². The van der Waals surface area contributed by atoms with Gasteiger partial charge < -0.3 is 5.32 Å². The molecule has 5 nitrogen and oxygen atoms in total. The summed E-state index contributed by atoms with van der Waals surface area (Å²) >= 11 is 9.69. The van der Waals surface area contributed by atoms with E-state index in [0.717, 1.165) is 15.7 Å². The fraction of sp³-hybridized carbons (Fsp3) is 0.0625. The molecule has 0 fully saturated rings. The SMILES string of the molecule is Fc1cccc(Cl)c1C1C=C(c2cccc(Br)c2)Nc2nnnn21. The Morgan fingerprint density at radius 1 is 1.21 bits per heavy atom. The second-order valence-electron chi connectivity index (χ2n) is 5.24. The smallest absolute Gasteiger partial charge is 0.248 e. The predicted octanol–water partition coefficient (Wildman–Crippen LogP) is 4.28. The lowest BCUT2D eigenvalue weighted by Gasteiger charge is -2.24. The van der Waals surface area contributed by atoms with Crippen molar-refractivity contribution in [1.29, 1.82) is 0 Å². The van der Waals surface area contributed by atoms with Gasteiger partial charge in [-0.3, -0.25) is 0 Å². The number of hydrogen-bond donors (Lipinski definition) is 1. The van der Waals surface area contributed by atoms with Crippen molar-refractivity contribution in [2.75, 3.05) is 5.32 Å². The maximum Gasteiger partial charge on any atom is 0.248 e. The lowest BCUT2D eigenvalue weighted by atomic mass is 10.0. The van der Waals surface area contributed by atoms with E-state index in [1.165, 1.54) is 10.7 Å². The highest BCUT2D eigenvalue weighted by Gasteiger charge is 2.28. The Kier molecular flexibility index (Phi) is 3.82. The number of halogens is 3. The number of tetrazole rings is 1. The van der Waals surface area contributed by atoms with E-state index in [1.807, 2.05) is 30.3 Å². The van der Waals surface area contributed by atoms with Crippen LogP contribution in [-0.2, 0) is 0 Å². The molecule has 24 heavy (non-hydrogen) atoms. The molecule has 1 aliphatic rings. The van der Waals surface area contributed by atoms with Crippen molar-refractivity contribution >= 4 is 39.2 Å². The molecule has 1 aliphatic heterocycles. The van der Waals surface area contributed by atoms with Gasteiger partial charge in [0.1, 0.15) is 11.9 Å². The second kappa shape index (κ2) is 5.99. The zero-order valence-corrected chi connectivity index (χ0v) is 14.5. The third-order valence-electron chi connectivity index (χ3n) is 3.76. The molecule has 120 valence electrons. The molecule has 2 aromatic carbocycles. The highest BCUT2D eigenvalue weighted by atomic mass is 79.9. The van der Waals surface area contributed by atoms with Crippen LogP contribution in [0.15, 0.2) is 53.0 Å². The van der Waals surface area contributed by atoms with Crippen LogP contribution in [-0.4, -0.2) is 20.2 Å². The second-order valence-corrected chi connectivity index (χ2v) is 6.57. The van der Waals surface area contributed by atoms with E-state index < -0.39 is 11.9 Å². The van der Waals surface area contributed by atoms with E-state index in [0.29, 0.717) is 16.5 Å². The first-order valence-electron chi connectivity index (χ1n) is 7.10. The summed E-state index contributed by atoms with van der Waals surface area (Å²) in [5.41, 5.74) is 2.04. The third kappa shape index (κ3) is 2.59. The summed E-state index contributed by atoms with van der Waals surface area (Å²) in [5, 5.41) is 15.1. The monoisotopic (exact) mass is 405 g/mol. The van der Waals surface area contributed by atoms with Gasteiger partial charge in [-0.15, -0.1) is 0 Å². The van der Waals surface area contributed by atoms with Gasteiger partial charge in [0.2, 0.25) is 5.95 Å². The number of benzene rings is 2. The van der Waals surface area contributed by atoms with Crippen molar-refractivity contribution in [3.8, 4) is 0 Å². The van der Waals surface area contributed by atoms with E-state index in [2.05, 4.69) is 36.8 Å². The van der Waals surface area contributed by atoms with Crippen LogP contribution in [0.5, 0.6) is 0 Å². The summed E-state index contributed by atoms with van der Waals surface area (Å²) in [6.45, 7) is 0. The van der Waals surface area contributed by atoms with Crippen molar-refractivity contribution in [2.24, 2.45) is 0 Å². The Labute approximate surface area is 150 Å². The molecule has 0 bridgehead atoms. The van der Waals surface area contributed by atoms with E-state index in [1.54, 1.807) is 12.1 Å². The van der Waals surface area contributed by atoms with Crippen LogP contribution in [0.1, 0.15) is 17.2 Å². The van der Waals surface area contributed by atoms with Crippen LogP contribution in [0.3, 0.4) is 0 Å². The molecule has 0 saturated carbocycles. The van der Waals surface area contributed by atoms with Crippen LogP contribution in [0.25, 0.3) is 5.70 Å². The van der Waals surface area contributed by atoms with Crippen molar-refractivity contribution in [2.45, 2.75) is 6.04 Å². The number of anilines is 1. The minimum atomic E-state index is -0.543. The predicted molar refractivity (Wildman–Crippen MR) is 93.1 cm³/mol. The van der Waals surface area contributed by atoms with Crippen LogP contribution < -0.4 is 5.32 Å². The van der Waals surface area contributed by atoms with Crippen molar-refractivity contribution < 1.29 is 4.39 Å². The first-order chi connectivity index (χ1) is 11.6. The highest BCUT2D eigenvalue weighted by Crippen LogP contribution is 2.36. The Hall–Kier alpha value is -2.25. The molecular weight excluding hydrogens is 397 g/mol. The van der Waals surface area contributed by atoms with Gasteiger partial charge >= 0.3 is 0 Å². The van der Waals surface area contributed by atoms with Gasteiger partial charge in [0.15, 0.2) is 0 Å². The molecule has 8 heteroatoms. The Balaban J connectivity index is 1.89. The number of hydrogen-bond acceptors (Lipinski definition) is 4. The molecule has 4 rings (SSSR count). The average molecular weight is 407 g/mol. The molecule has 0 aliphatic carbocycles. The minimum absolute atomic E-state index is 0.327. The van der Waals surface area contributed by atoms with Crippen LogP contribution in [0.4, 0.5) is 10.3 Å². The van der Waals surface area contributed by atoms with Crippen molar-refractivity contribution in [3.05, 3.63) is 75.0 Å². The van der Waals surface area contributed by atoms with Gasteiger partial charge in [-0.25, -0.2) is 4.39 Å². The number of rotatable bonds is 2. The molecule has 0 spiro atoms. The van der Waals surface area contributed by atoms with E-state index in [-0.39, 0.29) is 0 Å². The molecule has 1 atom stereocenters. The summed E-state index contributed by atoms with van der Waals surface area (Å²) in [5.74, 6) is 0.0255. The number of nitrogens with one attached hydrogen (secondary N) is 1. The van der Waals surface area contributed by atoms with Gasteiger partial charge in [-0.2, -0.15) is 4.68 Å². The number of aromatic nitrogens is 4. The zero-order valence-electron chi connectivity index (χ0n) is 12.1. The molecule has 1 N–H and O–H groups in total. The van der Waals surface area contributed by atoms with E-state index in [9.17, 15) is 4.39 Å². The summed E-state index contributed by atoms with van der Waals surface area (Å²) in [6, 6.07) is 11.8. The maximum absolute atomic E-state index is 14.4. The quantitative estimate of drug-likeness (QED) is 0.690. The molecule has 1 unspecified atom stereocenters. The first-order valence-corrected chi connectivity index (χ1v) is 8.27. The van der Waals surface area contributed by atoms with Gasteiger partial charge in [0.05, 0.1) is 0 Å². The van der Waals surface area contributed by atoms with Crippen LogP contribution in [0, 0.1) is 5.82 Å². The topological polar surface area (TPSA) is 55.6 Å². The molecule has 0 saturated heterocycles. The Bertz CT molecular complexity index is 935. The fourth-order valence-electron chi connectivity index (χ4n) is 2.68. The Morgan fingerprint density at radius 2 is 2.04 bits per heavy atom. The minimum Gasteiger partial charge on any atom is -0.323 e. The van der Waals surface area contributed by atoms with Crippen LogP contribution in [0.2, 0.25) is 5.02 Å². The third-order valence-corrected chi connectivity index (χ3v) is 4.58. The Morgan fingerprint density at radius 3 is 2.83 bits per heavy atom. The summed E-state index contributed by atoms with van der Waals surface area (Å²) in [4.78, 5) is 0. The summed E-state index contributed by atoms with van der Waals surface area (Å²) in [7, 11) is 0. The van der Waals surface area contributed by atoms with Gasteiger partial charge in [0, 0.05) is 20.8 Å². The molecule has 3 aromatic rings. The number of nitrogens with zero attached hydrogens (tertiary/aromatic N) is 4. The first kappa shape index (κ1) is 15.3. The lowest BCUT2D eigenvalue weighted by Crippen LogP contribution is -2.21.